The highest BCUT2D eigenvalue weighted by Crippen LogP contribution is 2.21. The third kappa shape index (κ3) is 5.20. The monoisotopic (exact) mass is 420 g/mol. The van der Waals surface area contributed by atoms with Gasteiger partial charge in [-0.1, -0.05) is 18.2 Å². The Labute approximate surface area is 170 Å². The lowest BCUT2D eigenvalue weighted by atomic mass is 10.1. The average Bonchev–Trinajstić information content (AvgIpc) is 2.68. The maximum absolute atomic E-state index is 13.6. The lowest BCUT2D eigenvalue weighted by molar-refractivity contribution is -0.0440. The van der Waals surface area contributed by atoms with Crippen molar-refractivity contribution in [1.82, 2.24) is 9.62 Å². The number of rotatable bonds is 6. The maximum atomic E-state index is 13.6. The summed E-state index contributed by atoms with van der Waals surface area (Å²) in [5.41, 5.74) is 0.879. The molecule has 6 nitrogen and oxygen atoms in total. The first-order valence-corrected chi connectivity index (χ1v) is 11.0. The van der Waals surface area contributed by atoms with Crippen molar-refractivity contribution in [3.05, 3.63) is 65.5 Å². The zero-order valence-corrected chi connectivity index (χ0v) is 17.3. The Morgan fingerprint density at radius 2 is 1.72 bits per heavy atom. The van der Waals surface area contributed by atoms with Gasteiger partial charge >= 0.3 is 0 Å². The highest BCUT2D eigenvalue weighted by molar-refractivity contribution is 7.89. The van der Waals surface area contributed by atoms with Crippen LogP contribution in [-0.2, 0) is 21.2 Å². The Morgan fingerprint density at radius 3 is 2.34 bits per heavy atom. The molecule has 1 saturated heterocycles. The minimum atomic E-state index is -3.65. The Morgan fingerprint density at radius 1 is 1.10 bits per heavy atom. The Hall–Kier alpha value is -2.29. The molecule has 0 unspecified atom stereocenters. The summed E-state index contributed by atoms with van der Waals surface area (Å²) in [6.45, 7) is 4.55. The van der Waals surface area contributed by atoms with E-state index in [0.29, 0.717) is 30.6 Å². The van der Waals surface area contributed by atoms with Crippen molar-refractivity contribution in [2.45, 2.75) is 37.4 Å². The Balaban J connectivity index is 1.61. The second-order valence-corrected chi connectivity index (χ2v) is 9.14. The van der Waals surface area contributed by atoms with Crippen LogP contribution in [0.1, 0.15) is 29.8 Å². The van der Waals surface area contributed by atoms with Gasteiger partial charge in [-0.25, -0.2) is 12.8 Å². The number of carbonyl (C=O) groups excluding carboxylic acids is 1. The number of ether oxygens (including phenoxy) is 1. The van der Waals surface area contributed by atoms with Crippen LogP contribution in [-0.4, -0.2) is 50.5 Å². The topological polar surface area (TPSA) is 75.7 Å². The first-order chi connectivity index (χ1) is 13.8. The number of amides is 1. The van der Waals surface area contributed by atoms with Crippen LogP contribution < -0.4 is 5.32 Å². The number of nitrogens with zero attached hydrogens (tertiary/aromatic N) is 1. The van der Waals surface area contributed by atoms with Crippen molar-refractivity contribution in [3.63, 3.8) is 0 Å². The molecule has 1 aliphatic heterocycles. The summed E-state index contributed by atoms with van der Waals surface area (Å²) >= 11 is 0. The van der Waals surface area contributed by atoms with Crippen LogP contribution in [0.5, 0.6) is 0 Å². The summed E-state index contributed by atoms with van der Waals surface area (Å²) in [6.07, 6.45) is 0.0270. The number of morpholine rings is 1. The highest BCUT2D eigenvalue weighted by Gasteiger charge is 2.32. The van der Waals surface area contributed by atoms with Gasteiger partial charge in [-0.15, -0.1) is 0 Å². The summed E-state index contributed by atoms with van der Waals surface area (Å²) in [5, 5.41) is 2.73. The van der Waals surface area contributed by atoms with Crippen molar-refractivity contribution >= 4 is 15.9 Å². The molecule has 2 atom stereocenters. The molecule has 0 spiro atoms. The lowest BCUT2D eigenvalue weighted by Crippen LogP contribution is -2.48. The molecule has 8 heteroatoms. The number of benzene rings is 2. The standard InChI is InChI=1S/C21H25FN2O4S/c1-15-13-24(14-16(2)28-15)29(26,27)19-9-7-18(8-10-19)21(25)23-12-11-17-5-3-4-6-20(17)22/h3-10,15-16H,11-14H2,1-2H3,(H,23,25)/t15-,16+. The van der Waals surface area contributed by atoms with E-state index in [1.54, 1.807) is 18.2 Å². The van der Waals surface area contributed by atoms with Gasteiger partial charge in [0.1, 0.15) is 5.82 Å². The van der Waals surface area contributed by atoms with Gasteiger partial charge in [0.05, 0.1) is 17.1 Å². The second-order valence-electron chi connectivity index (χ2n) is 7.20. The quantitative estimate of drug-likeness (QED) is 0.780. The fourth-order valence-electron chi connectivity index (χ4n) is 3.37. The van der Waals surface area contributed by atoms with E-state index in [0.717, 1.165) is 0 Å². The third-order valence-corrected chi connectivity index (χ3v) is 6.62. The molecule has 0 aliphatic carbocycles. The van der Waals surface area contributed by atoms with E-state index in [2.05, 4.69) is 5.32 Å². The van der Waals surface area contributed by atoms with Crippen LogP contribution >= 0.6 is 0 Å². The van der Waals surface area contributed by atoms with Crippen LogP contribution in [0.15, 0.2) is 53.4 Å². The number of hydrogen-bond acceptors (Lipinski definition) is 4. The summed E-state index contributed by atoms with van der Waals surface area (Å²) < 4.78 is 46.3. The summed E-state index contributed by atoms with van der Waals surface area (Å²) in [4.78, 5) is 12.4. The van der Waals surface area contributed by atoms with E-state index in [4.69, 9.17) is 4.74 Å². The summed E-state index contributed by atoms with van der Waals surface area (Å²) in [5.74, 6) is -0.637. The van der Waals surface area contributed by atoms with Crippen LogP contribution in [0.4, 0.5) is 4.39 Å². The third-order valence-electron chi connectivity index (χ3n) is 4.78. The minimum Gasteiger partial charge on any atom is -0.373 e. The molecule has 0 radical (unpaired) electrons. The number of carbonyl (C=O) groups is 1. The molecule has 1 N–H and O–H groups in total. The zero-order chi connectivity index (χ0) is 21.0. The normalized spacial score (nSPS) is 20.4. The highest BCUT2D eigenvalue weighted by atomic mass is 32.2. The van der Waals surface area contributed by atoms with Crippen LogP contribution in [0.25, 0.3) is 0 Å². The van der Waals surface area contributed by atoms with Gasteiger partial charge in [0.2, 0.25) is 10.0 Å². The van der Waals surface area contributed by atoms with E-state index in [9.17, 15) is 17.6 Å². The molecular weight excluding hydrogens is 395 g/mol. The molecule has 0 saturated carbocycles. The number of halogens is 1. The minimum absolute atomic E-state index is 0.140. The molecular formula is C21H25FN2O4S. The van der Waals surface area contributed by atoms with Gasteiger partial charge in [0, 0.05) is 25.2 Å². The number of sulfonamides is 1. The largest absolute Gasteiger partial charge is 0.373 e. The van der Waals surface area contributed by atoms with E-state index in [-0.39, 0.29) is 35.4 Å². The van der Waals surface area contributed by atoms with E-state index in [1.165, 1.54) is 34.6 Å². The summed E-state index contributed by atoms with van der Waals surface area (Å²) in [6, 6.07) is 12.3. The van der Waals surface area contributed by atoms with Crippen LogP contribution in [0.3, 0.4) is 0 Å². The number of nitrogens with one attached hydrogen (secondary N) is 1. The molecule has 1 fully saturated rings. The predicted molar refractivity (Wildman–Crippen MR) is 108 cm³/mol. The fourth-order valence-corrected chi connectivity index (χ4v) is 4.96. The first kappa shape index (κ1) is 21.4. The van der Waals surface area contributed by atoms with E-state index < -0.39 is 10.0 Å². The zero-order valence-electron chi connectivity index (χ0n) is 16.5. The maximum Gasteiger partial charge on any atom is 0.251 e. The Bertz CT molecular complexity index is 953. The van der Waals surface area contributed by atoms with Crippen molar-refractivity contribution in [3.8, 4) is 0 Å². The van der Waals surface area contributed by atoms with Gasteiger partial charge < -0.3 is 10.1 Å². The molecule has 1 amide bonds. The molecule has 0 bridgehead atoms. The average molecular weight is 421 g/mol. The molecule has 156 valence electrons. The predicted octanol–water partition coefficient (Wildman–Crippen LogP) is 2.60. The molecule has 2 aromatic rings. The van der Waals surface area contributed by atoms with Crippen molar-refractivity contribution in [1.29, 1.82) is 0 Å². The van der Waals surface area contributed by atoms with Crippen LogP contribution in [0, 0.1) is 5.82 Å². The smallest absolute Gasteiger partial charge is 0.251 e. The van der Waals surface area contributed by atoms with Crippen molar-refractivity contribution in [2.75, 3.05) is 19.6 Å². The van der Waals surface area contributed by atoms with Gasteiger partial charge in [-0.2, -0.15) is 4.31 Å². The van der Waals surface area contributed by atoms with Crippen molar-refractivity contribution in [2.24, 2.45) is 0 Å². The fraction of sp³-hybridized carbons (Fsp3) is 0.381. The molecule has 29 heavy (non-hydrogen) atoms. The van der Waals surface area contributed by atoms with Gasteiger partial charge in [0.15, 0.2) is 0 Å². The van der Waals surface area contributed by atoms with Gasteiger partial charge in [-0.05, 0) is 56.2 Å². The molecule has 3 rings (SSSR count). The Kier molecular flexibility index (Phi) is 6.66. The summed E-state index contributed by atoms with van der Waals surface area (Å²) in [7, 11) is -3.65. The van der Waals surface area contributed by atoms with E-state index >= 15 is 0 Å². The molecule has 1 heterocycles. The molecule has 2 aromatic carbocycles. The van der Waals surface area contributed by atoms with Crippen molar-refractivity contribution < 1.29 is 22.3 Å². The SMILES string of the molecule is C[C@@H]1CN(S(=O)(=O)c2ccc(C(=O)NCCc3ccccc3F)cc2)C[C@H](C)O1. The van der Waals surface area contributed by atoms with Gasteiger partial charge in [0.25, 0.3) is 5.91 Å². The van der Waals surface area contributed by atoms with E-state index in [1.807, 2.05) is 13.8 Å². The van der Waals surface area contributed by atoms with Gasteiger partial charge in [-0.3, -0.25) is 4.79 Å². The van der Waals surface area contributed by atoms with Crippen LogP contribution in [0.2, 0.25) is 0 Å². The number of hydrogen-bond donors (Lipinski definition) is 1. The second kappa shape index (κ2) is 9.02. The molecule has 1 aliphatic rings. The first-order valence-electron chi connectivity index (χ1n) is 9.54. The lowest BCUT2D eigenvalue weighted by Gasteiger charge is -2.34. The molecule has 0 aromatic heterocycles.